The van der Waals surface area contributed by atoms with Crippen molar-refractivity contribution in [1.82, 2.24) is 10.7 Å². The highest BCUT2D eigenvalue weighted by molar-refractivity contribution is 5.93. The van der Waals surface area contributed by atoms with E-state index in [2.05, 4.69) is 10.9 Å². The monoisotopic (exact) mass is 211 g/mol. The summed E-state index contributed by atoms with van der Waals surface area (Å²) in [6, 6.07) is 4.71. The highest BCUT2D eigenvalue weighted by Gasteiger charge is 2.01. The van der Waals surface area contributed by atoms with E-state index in [1.165, 1.54) is 31.2 Å². The Morgan fingerprint density at radius 1 is 1.20 bits per heavy atom. The van der Waals surface area contributed by atoms with Gasteiger partial charge in [-0.1, -0.05) is 0 Å². The van der Waals surface area contributed by atoms with Crippen LogP contribution in [0.3, 0.4) is 0 Å². The largest absolute Gasteiger partial charge is 0.340 e. The Balaban J connectivity index is 2.40. The molecule has 6 heteroatoms. The van der Waals surface area contributed by atoms with Crippen molar-refractivity contribution in [1.29, 1.82) is 0 Å². The van der Waals surface area contributed by atoms with Gasteiger partial charge in [0.1, 0.15) is 5.82 Å². The number of hydrogen-bond acceptors (Lipinski definition) is 3. The Morgan fingerprint density at radius 3 is 2.33 bits per heavy atom. The number of rotatable bonds is 2. The highest BCUT2D eigenvalue weighted by Crippen LogP contribution is 2.06. The number of nitrogens with one attached hydrogen (secondary N) is 3. The lowest BCUT2D eigenvalue weighted by Crippen LogP contribution is -2.41. The van der Waals surface area contributed by atoms with Gasteiger partial charge in [-0.3, -0.25) is 21.0 Å². The number of amides is 3. The quantitative estimate of drug-likeness (QED) is 0.639. The van der Waals surface area contributed by atoms with Crippen LogP contribution in [0.5, 0.6) is 0 Å². The first-order valence-electron chi connectivity index (χ1n) is 4.17. The summed E-state index contributed by atoms with van der Waals surface area (Å²) in [7, 11) is 0. The van der Waals surface area contributed by atoms with E-state index in [9.17, 15) is 14.0 Å². The van der Waals surface area contributed by atoms with E-state index in [0.717, 1.165) is 0 Å². The van der Waals surface area contributed by atoms with Crippen molar-refractivity contribution in [3.63, 3.8) is 0 Å². The second-order valence-electron chi connectivity index (χ2n) is 2.77. The van der Waals surface area contributed by atoms with Gasteiger partial charge in [-0.25, -0.2) is 9.18 Å². The number of carbonyl (C=O) groups excluding carboxylic acids is 2. The predicted molar refractivity (Wildman–Crippen MR) is 52.4 cm³/mol. The Kier molecular flexibility index (Phi) is 3.61. The van der Waals surface area contributed by atoms with Crippen LogP contribution < -0.4 is 16.2 Å². The maximum atomic E-state index is 12.5. The standard InChI is InChI=1S/C9H10FN3O2/c1-6(14)11-9(15)13-12-8-4-2-7(10)3-5-8/h2-5,12H,1H3,(H2,11,13,14,15). The van der Waals surface area contributed by atoms with Crippen LogP contribution in [-0.4, -0.2) is 11.9 Å². The lowest BCUT2D eigenvalue weighted by Gasteiger charge is -2.07. The maximum absolute atomic E-state index is 12.5. The summed E-state index contributed by atoms with van der Waals surface area (Å²) in [4.78, 5) is 21.4. The summed E-state index contributed by atoms with van der Waals surface area (Å²) in [6.45, 7) is 1.22. The Labute approximate surface area is 85.6 Å². The molecular weight excluding hydrogens is 201 g/mol. The lowest BCUT2D eigenvalue weighted by molar-refractivity contribution is -0.117. The number of halogens is 1. The van der Waals surface area contributed by atoms with E-state index in [-0.39, 0.29) is 5.82 Å². The number of hydrogen-bond donors (Lipinski definition) is 3. The number of urea groups is 1. The Hall–Kier alpha value is -2.11. The smallest absolute Gasteiger partial charge is 0.297 e. The van der Waals surface area contributed by atoms with Crippen molar-refractivity contribution in [2.45, 2.75) is 6.92 Å². The molecule has 0 radical (unpaired) electrons. The number of hydrazine groups is 1. The van der Waals surface area contributed by atoms with E-state index in [1.54, 1.807) is 0 Å². The van der Waals surface area contributed by atoms with Gasteiger partial charge >= 0.3 is 6.03 Å². The van der Waals surface area contributed by atoms with Crippen molar-refractivity contribution in [2.24, 2.45) is 0 Å². The normalized spacial score (nSPS) is 9.20. The van der Waals surface area contributed by atoms with Crippen molar-refractivity contribution in [2.75, 3.05) is 5.43 Å². The molecule has 15 heavy (non-hydrogen) atoms. The molecule has 0 aromatic heterocycles. The summed E-state index contributed by atoms with van der Waals surface area (Å²) in [6.07, 6.45) is 0. The van der Waals surface area contributed by atoms with Crippen LogP contribution in [0.1, 0.15) is 6.92 Å². The van der Waals surface area contributed by atoms with Gasteiger partial charge in [0, 0.05) is 6.92 Å². The van der Waals surface area contributed by atoms with Crippen LogP contribution in [0, 0.1) is 5.82 Å². The van der Waals surface area contributed by atoms with Gasteiger partial charge in [-0.15, -0.1) is 0 Å². The van der Waals surface area contributed by atoms with Crippen LogP contribution in [0.4, 0.5) is 14.9 Å². The summed E-state index contributed by atoms with van der Waals surface area (Å²) >= 11 is 0. The first kappa shape index (κ1) is 11.0. The SMILES string of the molecule is CC(=O)NC(=O)NNc1ccc(F)cc1. The highest BCUT2D eigenvalue weighted by atomic mass is 19.1. The number of benzene rings is 1. The molecule has 0 saturated heterocycles. The average molecular weight is 211 g/mol. The molecular formula is C9H10FN3O2. The zero-order chi connectivity index (χ0) is 11.3. The minimum atomic E-state index is -0.674. The van der Waals surface area contributed by atoms with Crippen molar-refractivity contribution < 1.29 is 14.0 Å². The zero-order valence-corrected chi connectivity index (χ0v) is 8.00. The van der Waals surface area contributed by atoms with Gasteiger partial charge in [-0.05, 0) is 24.3 Å². The van der Waals surface area contributed by atoms with Gasteiger partial charge in [0.2, 0.25) is 5.91 Å². The van der Waals surface area contributed by atoms with E-state index in [4.69, 9.17) is 0 Å². The number of imide groups is 1. The van der Waals surface area contributed by atoms with Gasteiger partial charge in [0.05, 0.1) is 5.69 Å². The molecule has 3 N–H and O–H groups in total. The third kappa shape index (κ3) is 4.08. The zero-order valence-electron chi connectivity index (χ0n) is 8.00. The maximum Gasteiger partial charge on any atom is 0.340 e. The molecule has 0 aliphatic rings. The summed E-state index contributed by atoms with van der Waals surface area (Å²) in [5, 5.41) is 2.00. The van der Waals surface area contributed by atoms with Crippen molar-refractivity contribution in [3.05, 3.63) is 30.1 Å². The first-order chi connectivity index (χ1) is 7.08. The fraction of sp³-hybridized carbons (Fsp3) is 0.111. The molecule has 1 aromatic rings. The predicted octanol–water partition coefficient (Wildman–Crippen LogP) is 0.998. The minimum absolute atomic E-state index is 0.367. The second kappa shape index (κ2) is 4.94. The number of anilines is 1. The van der Waals surface area contributed by atoms with Crippen LogP contribution >= 0.6 is 0 Å². The Morgan fingerprint density at radius 2 is 1.80 bits per heavy atom. The topological polar surface area (TPSA) is 70.2 Å². The third-order valence-corrected chi connectivity index (χ3v) is 1.45. The summed E-state index contributed by atoms with van der Waals surface area (Å²) in [5.41, 5.74) is 5.21. The molecule has 0 saturated carbocycles. The molecule has 1 aromatic carbocycles. The van der Waals surface area contributed by atoms with Crippen LogP contribution in [-0.2, 0) is 4.79 Å². The molecule has 5 nitrogen and oxygen atoms in total. The first-order valence-corrected chi connectivity index (χ1v) is 4.17. The molecule has 3 amide bonds. The number of carbonyl (C=O) groups is 2. The lowest BCUT2D eigenvalue weighted by atomic mass is 10.3. The fourth-order valence-electron chi connectivity index (χ4n) is 0.853. The Bertz CT molecular complexity index is 364. The summed E-state index contributed by atoms with van der Waals surface area (Å²) in [5.74, 6) is -0.831. The van der Waals surface area contributed by atoms with Gasteiger partial charge in [0.15, 0.2) is 0 Å². The van der Waals surface area contributed by atoms with Gasteiger partial charge < -0.3 is 0 Å². The molecule has 0 atom stereocenters. The molecule has 0 heterocycles. The molecule has 0 bridgehead atoms. The van der Waals surface area contributed by atoms with Crippen LogP contribution in [0.15, 0.2) is 24.3 Å². The fourth-order valence-corrected chi connectivity index (χ4v) is 0.853. The molecule has 0 aliphatic carbocycles. The van der Waals surface area contributed by atoms with Crippen LogP contribution in [0.2, 0.25) is 0 Å². The van der Waals surface area contributed by atoms with Crippen molar-refractivity contribution in [3.8, 4) is 0 Å². The molecule has 0 fully saturated rings. The molecule has 0 spiro atoms. The van der Waals surface area contributed by atoms with Gasteiger partial charge in [-0.2, -0.15) is 0 Å². The van der Waals surface area contributed by atoms with Crippen molar-refractivity contribution >= 4 is 17.6 Å². The van der Waals surface area contributed by atoms with E-state index in [1.807, 2.05) is 5.32 Å². The van der Waals surface area contributed by atoms with E-state index >= 15 is 0 Å². The molecule has 0 unspecified atom stereocenters. The molecule has 1 rings (SSSR count). The molecule has 0 aliphatic heterocycles. The van der Waals surface area contributed by atoms with Gasteiger partial charge in [0.25, 0.3) is 0 Å². The van der Waals surface area contributed by atoms with Crippen LogP contribution in [0.25, 0.3) is 0 Å². The third-order valence-electron chi connectivity index (χ3n) is 1.45. The van der Waals surface area contributed by atoms with E-state index < -0.39 is 11.9 Å². The van der Waals surface area contributed by atoms with E-state index in [0.29, 0.717) is 5.69 Å². The molecule has 80 valence electrons. The average Bonchev–Trinajstić information content (AvgIpc) is 2.16. The minimum Gasteiger partial charge on any atom is -0.297 e. The summed E-state index contributed by atoms with van der Waals surface area (Å²) < 4.78 is 12.5. The second-order valence-corrected chi connectivity index (χ2v) is 2.77.